The molecule has 0 fully saturated rings. The molecule has 1 N–H and O–H groups in total. The lowest BCUT2D eigenvalue weighted by molar-refractivity contribution is 0.0596. The van der Waals surface area contributed by atoms with Gasteiger partial charge in [-0.05, 0) is 55.1 Å². The maximum Gasteiger partial charge on any atom is 0.343 e. The van der Waals surface area contributed by atoms with Crippen molar-refractivity contribution < 1.29 is 31.5 Å². The highest BCUT2D eigenvalue weighted by molar-refractivity contribution is 7.92. The van der Waals surface area contributed by atoms with Crippen LogP contribution in [0.2, 0.25) is 0 Å². The fourth-order valence-electron chi connectivity index (χ4n) is 4.07. The van der Waals surface area contributed by atoms with Gasteiger partial charge in [-0.15, -0.1) is 0 Å². The van der Waals surface area contributed by atoms with Gasteiger partial charge in [-0.25, -0.2) is 17.6 Å². The number of esters is 1. The van der Waals surface area contributed by atoms with E-state index in [0.29, 0.717) is 17.9 Å². The number of carbonyl (C=O) groups is 1. The smallest absolute Gasteiger partial charge is 0.343 e. The topological polar surface area (TPSA) is 98.1 Å². The number of anilines is 1. The first kappa shape index (κ1) is 25.5. The largest absolute Gasteiger partial charge is 0.484 e. The van der Waals surface area contributed by atoms with E-state index in [1.807, 2.05) is 13.8 Å². The molecule has 4 rings (SSSR count). The molecule has 2 aromatic carbocycles. The number of hydrogen-bond acceptors (Lipinski definition) is 7. The Kier molecular flexibility index (Phi) is 7.46. The first-order valence-corrected chi connectivity index (χ1v) is 12.9. The Morgan fingerprint density at radius 2 is 1.94 bits per heavy atom. The van der Waals surface area contributed by atoms with Crippen molar-refractivity contribution in [1.29, 1.82) is 0 Å². The number of likely N-dealkylation sites (N-methyl/N-ethyl adjacent to an activating group) is 1. The van der Waals surface area contributed by atoms with Gasteiger partial charge in [-0.2, -0.15) is 0 Å². The highest BCUT2D eigenvalue weighted by atomic mass is 32.2. The number of fused-ring (bicyclic) bond motifs is 3. The van der Waals surface area contributed by atoms with Crippen LogP contribution in [0.4, 0.5) is 10.1 Å². The summed E-state index contributed by atoms with van der Waals surface area (Å²) in [5.74, 6) is -0.548. The number of nitrogens with zero attached hydrogens (tertiary/aromatic N) is 1. The van der Waals surface area contributed by atoms with Crippen molar-refractivity contribution >= 4 is 27.8 Å². The van der Waals surface area contributed by atoms with Crippen molar-refractivity contribution in [3.63, 3.8) is 0 Å². The first-order chi connectivity index (χ1) is 17.3. The lowest BCUT2D eigenvalue weighted by Crippen LogP contribution is -2.22. The number of hydrogen-bond donors (Lipinski definition) is 1. The number of halogens is 1. The van der Waals surface area contributed by atoms with E-state index in [9.17, 15) is 17.6 Å². The lowest BCUT2D eigenvalue weighted by Gasteiger charge is -2.22. The minimum absolute atomic E-state index is 0.0186. The number of methoxy groups -OCH3 is 1. The molecule has 0 radical (unpaired) electrons. The molecule has 1 aliphatic rings. The van der Waals surface area contributed by atoms with E-state index in [4.69, 9.17) is 13.9 Å². The SMILES string of the molecule is CCN(CC)C/C=C\c1cc(F)ccc1S(=O)(=O)Nc1ccc2c(c1C(=O)OC)OCc1occc1-2. The van der Waals surface area contributed by atoms with Gasteiger partial charge in [0.15, 0.2) is 0 Å². The number of furan rings is 1. The second kappa shape index (κ2) is 10.5. The molecule has 0 atom stereocenters. The Balaban J connectivity index is 1.73. The second-order valence-electron chi connectivity index (χ2n) is 8.08. The van der Waals surface area contributed by atoms with Crippen molar-refractivity contribution in [3.05, 3.63) is 71.4 Å². The van der Waals surface area contributed by atoms with Crippen LogP contribution < -0.4 is 9.46 Å². The lowest BCUT2D eigenvalue weighted by atomic mass is 9.98. The maximum atomic E-state index is 14.0. The van der Waals surface area contributed by atoms with Crippen LogP contribution in [0.15, 0.2) is 58.1 Å². The van der Waals surface area contributed by atoms with E-state index in [-0.39, 0.29) is 34.1 Å². The molecule has 1 aliphatic heterocycles. The zero-order chi connectivity index (χ0) is 25.9. The average molecular weight is 515 g/mol. The van der Waals surface area contributed by atoms with E-state index in [2.05, 4.69) is 9.62 Å². The number of sulfonamides is 1. The summed E-state index contributed by atoms with van der Waals surface area (Å²) in [5, 5.41) is 0. The van der Waals surface area contributed by atoms with Gasteiger partial charge >= 0.3 is 5.97 Å². The monoisotopic (exact) mass is 514 g/mol. The predicted octanol–water partition coefficient (Wildman–Crippen LogP) is 4.92. The number of ether oxygens (including phenoxy) is 2. The summed E-state index contributed by atoms with van der Waals surface area (Å²) in [6.07, 6.45) is 4.88. The van der Waals surface area contributed by atoms with Gasteiger partial charge in [0.1, 0.15) is 29.5 Å². The van der Waals surface area contributed by atoms with Gasteiger partial charge in [0, 0.05) is 17.7 Å². The van der Waals surface area contributed by atoms with Crippen LogP contribution >= 0.6 is 0 Å². The summed E-state index contributed by atoms with van der Waals surface area (Å²) in [5.41, 5.74) is 1.43. The molecule has 0 spiro atoms. The Morgan fingerprint density at radius 1 is 1.17 bits per heavy atom. The molecule has 0 unspecified atom stereocenters. The number of carbonyl (C=O) groups excluding carboxylic acids is 1. The fourth-order valence-corrected chi connectivity index (χ4v) is 5.32. The Hall–Kier alpha value is -3.63. The molecule has 1 aromatic heterocycles. The Bertz CT molecular complexity index is 1410. The van der Waals surface area contributed by atoms with Crippen molar-refractivity contribution in [1.82, 2.24) is 4.90 Å². The molecule has 8 nitrogen and oxygen atoms in total. The summed E-state index contributed by atoms with van der Waals surface area (Å²) in [6, 6.07) is 8.28. The number of rotatable bonds is 9. The van der Waals surface area contributed by atoms with E-state index >= 15 is 0 Å². The minimum atomic E-state index is -4.23. The molecule has 0 saturated heterocycles. The van der Waals surface area contributed by atoms with Crippen LogP contribution in [0.3, 0.4) is 0 Å². The molecule has 36 heavy (non-hydrogen) atoms. The zero-order valence-corrected chi connectivity index (χ0v) is 21.0. The van der Waals surface area contributed by atoms with Gasteiger partial charge in [0.2, 0.25) is 0 Å². The number of benzene rings is 2. The van der Waals surface area contributed by atoms with Crippen LogP contribution in [-0.4, -0.2) is 46.0 Å². The van der Waals surface area contributed by atoms with Crippen molar-refractivity contribution in [3.8, 4) is 16.9 Å². The Labute approximate surface area is 209 Å². The van der Waals surface area contributed by atoms with Crippen LogP contribution in [0.25, 0.3) is 17.2 Å². The Morgan fingerprint density at radius 3 is 2.67 bits per heavy atom. The fraction of sp³-hybridized carbons (Fsp3) is 0.269. The van der Waals surface area contributed by atoms with Gasteiger partial charge < -0.3 is 18.8 Å². The molecule has 0 amide bonds. The molecule has 10 heteroatoms. The van der Waals surface area contributed by atoms with Gasteiger partial charge in [0.05, 0.1) is 24.0 Å². The predicted molar refractivity (Wildman–Crippen MR) is 134 cm³/mol. The molecule has 3 aromatic rings. The molecule has 190 valence electrons. The van der Waals surface area contributed by atoms with Gasteiger partial charge in [-0.3, -0.25) is 4.72 Å². The van der Waals surface area contributed by atoms with Gasteiger partial charge in [-0.1, -0.05) is 26.0 Å². The van der Waals surface area contributed by atoms with E-state index in [0.717, 1.165) is 30.8 Å². The standard InChI is InChI=1S/C26H27FN2O6S/c1-4-29(5-2)13-6-7-17-15-18(27)8-11-23(17)36(31,32)28-21-10-9-20-19-12-14-34-22(19)16-35-25(20)24(21)26(30)33-3/h6-12,14-15,28H,4-5,13,16H2,1-3H3/b7-6-. The third kappa shape index (κ3) is 5.00. The molecule has 0 aliphatic carbocycles. The summed E-state index contributed by atoms with van der Waals surface area (Å²) in [4.78, 5) is 14.7. The summed E-state index contributed by atoms with van der Waals surface area (Å²) in [7, 11) is -3.03. The summed E-state index contributed by atoms with van der Waals surface area (Å²) >= 11 is 0. The second-order valence-corrected chi connectivity index (χ2v) is 9.73. The third-order valence-corrected chi connectivity index (χ3v) is 7.43. The van der Waals surface area contributed by atoms with Crippen LogP contribution in [-0.2, 0) is 21.4 Å². The minimum Gasteiger partial charge on any atom is -0.484 e. The first-order valence-electron chi connectivity index (χ1n) is 11.4. The quantitative estimate of drug-likeness (QED) is 0.405. The maximum absolute atomic E-state index is 14.0. The summed E-state index contributed by atoms with van der Waals surface area (Å²) in [6.45, 7) is 6.36. The number of nitrogens with one attached hydrogen (secondary N) is 1. The van der Waals surface area contributed by atoms with Crippen molar-refractivity contribution in [2.75, 3.05) is 31.5 Å². The van der Waals surface area contributed by atoms with Crippen LogP contribution in [0.1, 0.15) is 35.5 Å². The van der Waals surface area contributed by atoms with Crippen molar-refractivity contribution in [2.24, 2.45) is 0 Å². The van der Waals surface area contributed by atoms with E-state index in [1.54, 1.807) is 24.3 Å². The third-order valence-electron chi connectivity index (χ3n) is 5.99. The van der Waals surface area contributed by atoms with Crippen molar-refractivity contribution in [2.45, 2.75) is 25.3 Å². The van der Waals surface area contributed by atoms with E-state index in [1.165, 1.54) is 25.5 Å². The molecular formula is C26H27FN2O6S. The van der Waals surface area contributed by atoms with Crippen LogP contribution in [0, 0.1) is 5.82 Å². The van der Waals surface area contributed by atoms with E-state index < -0.39 is 21.8 Å². The summed E-state index contributed by atoms with van der Waals surface area (Å²) < 4.78 is 59.5. The highest BCUT2D eigenvalue weighted by Gasteiger charge is 2.30. The molecule has 0 saturated carbocycles. The van der Waals surface area contributed by atoms with Gasteiger partial charge in [0.25, 0.3) is 10.0 Å². The normalized spacial score (nSPS) is 12.8. The highest BCUT2D eigenvalue weighted by Crippen LogP contribution is 2.43. The molecule has 0 bridgehead atoms. The average Bonchev–Trinajstić information content (AvgIpc) is 3.35. The molecular weight excluding hydrogens is 487 g/mol. The van der Waals surface area contributed by atoms with Crippen LogP contribution in [0.5, 0.6) is 5.75 Å². The molecule has 2 heterocycles. The zero-order valence-electron chi connectivity index (χ0n) is 20.2.